The van der Waals surface area contributed by atoms with Crippen LogP contribution < -0.4 is 0 Å². The first-order chi connectivity index (χ1) is 9.14. The van der Waals surface area contributed by atoms with Crippen LogP contribution in [0.5, 0.6) is 0 Å². The average Bonchev–Trinajstić information content (AvgIpc) is 2.48. The number of halogens is 1. The zero-order valence-corrected chi connectivity index (χ0v) is 14.5. The molecule has 0 radical (unpaired) electrons. The van der Waals surface area contributed by atoms with Crippen LogP contribution in [0.3, 0.4) is 0 Å². The van der Waals surface area contributed by atoms with E-state index >= 15 is 0 Å². The Morgan fingerprint density at radius 1 is 1.32 bits per heavy atom. The highest BCUT2D eigenvalue weighted by molar-refractivity contribution is 14.1. The Hall–Kier alpha value is -0.490. The van der Waals surface area contributed by atoms with Gasteiger partial charge in [0.05, 0.1) is 12.5 Å². The van der Waals surface area contributed by atoms with Gasteiger partial charge < -0.3 is 4.74 Å². The molecule has 0 bridgehead atoms. The van der Waals surface area contributed by atoms with Crippen molar-refractivity contribution >= 4 is 40.3 Å². The van der Waals surface area contributed by atoms with E-state index in [1.165, 1.54) is 7.11 Å². The Labute approximate surface area is 133 Å². The molecule has 0 fully saturated rings. The predicted molar refractivity (Wildman–Crippen MR) is 89.4 cm³/mol. The molecule has 0 saturated carbocycles. The first-order valence-corrected chi connectivity index (χ1v) is 8.33. The molecular formula is C15H19IO2S. The molecule has 19 heavy (non-hydrogen) atoms. The van der Waals surface area contributed by atoms with Crippen molar-refractivity contribution in [3.63, 3.8) is 0 Å². The lowest BCUT2D eigenvalue weighted by Gasteiger charge is -2.30. The molecule has 0 aliphatic carbocycles. The van der Waals surface area contributed by atoms with Gasteiger partial charge in [0, 0.05) is 9.80 Å². The summed E-state index contributed by atoms with van der Waals surface area (Å²) in [6.07, 6.45) is 1.48. The molecule has 4 heteroatoms. The Morgan fingerprint density at radius 3 is 2.32 bits per heavy atom. The Bertz CT molecular complexity index is 439. The fourth-order valence-corrected chi connectivity index (χ4v) is 4.16. The summed E-state index contributed by atoms with van der Waals surface area (Å²) >= 11 is 3.85. The number of carbonyl (C=O) groups is 1. The van der Waals surface area contributed by atoms with E-state index in [4.69, 9.17) is 4.74 Å². The highest BCUT2D eigenvalue weighted by Gasteiger charge is 2.40. The lowest BCUT2D eigenvalue weighted by atomic mass is 9.82. The van der Waals surface area contributed by atoms with Gasteiger partial charge in [-0.25, -0.2) is 0 Å². The van der Waals surface area contributed by atoms with Gasteiger partial charge in [-0.05, 0) is 29.1 Å². The molecule has 104 valence electrons. The predicted octanol–water partition coefficient (Wildman–Crippen LogP) is 5.03. The second kappa shape index (κ2) is 7.94. The van der Waals surface area contributed by atoms with E-state index in [9.17, 15) is 4.79 Å². The molecule has 1 aromatic carbocycles. The van der Waals surface area contributed by atoms with Gasteiger partial charge in [-0.15, -0.1) is 0 Å². The number of ether oxygens (including phenoxy) is 1. The van der Waals surface area contributed by atoms with E-state index in [2.05, 4.69) is 34.7 Å². The topological polar surface area (TPSA) is 26.3 Å². The number of thioether (sulfide) groups is 1. The van der Waals surface area contributed by atoms with E-state index in [1.807, 2.05) is 36.1 Å². The standard InChI is InChI=1S/C15H19IO2S/c1-4-15(5-2,14(17)18-3)13(11-16)19-12-9-7-6-8-10-12/h6-11H,4-5H2,1-3H3/b13-11-. The van der Waals surface area contributed by atoms with Crippen LogP contribution >= 0.6 is 34.4 Å². The molecule has 0 spiro atoms. The summed E-state index contributed by atoms with van der Waals surface area (Å²) in [6, 6.07) is 10.1. The van der Waals surface area contributed by atoms with Crippen LogP contribution in [-0.2, 0) is 9.53 Å². The number of methoxy groups -OCH3 is 1. The molecule has 0 saturated heterocycles. The minimum atomic E-state index is -0.531. The van der Waals surface area contributed by atoms with Gasteiger partial charge in [0.1, 0.15) is 0 Å². The largest absolute Gasteiger partial charge is 0.468 e. The molecule has 1 aromatic rings. The van der Waals surface area contributed by atoms with Crippen LogP contribution in [0.1, 0.15) is 26.7 Å². The van der Waals surface area contributed by atoms with E-state index in [-0.39, 0.29) is 5.97 Å². The molecular weight excluding hydrogens is 371 g/mol. The Morgan fingerprint density at radius 2 is 1.89 bits per heavy atom. The van der Waals surface area contributed by atoms with Crippen LogP contribution in [0.25, 0.3) is 0 Å². The first kappa shape index (κ1) is 16.6. The number of benzene rings is 1. The molecule has 0 amide bonds. The lowest BCUT2D eigenvalue weighted by molar-refractivity contribution is -0.150. The SMILES string of the molecule is CCC(CC)(C(=O)OC)/C(=C/I)Sc1ccccc1. The van der Waals surface area contributed by atoms with Crippen molar-refractivity contribution in [3.8, 4) is 0 Å². The summed E-state index contributed by atoms with van der Waals surface area (Å²) in [4.78, 5) is 14.4. The number of carbonyl (C=O) groups excluding carboxylic acids is 1. The molecule has 0 atom stereocenters. The van der Waals surface area contributed by atoms with Gasteiger partial charge in [0.2, 0.25) is 0 Å². The van der Waals surface area contributed by atoms with E-state index < -0.39 is 5.41 Å². The summed E-state index contributed by atoms with van der Waals surface area (Å²) < 4.78 is 7.02. The molecule has 0 N–H and O–H groups in total. The third kappa shape index (κ3) is 3.75. The van der Waals surface area contributed by atoms with Gasteiger partial charge in [0.15, 0.2) is 0 Å². The molecule has 0 heterocycles. The number of rotatable bonds is 6. The summed E-state index contributed by atoms with van der Waals surface area (Å²) in [5, 5.41) is 0. The van der Waals surface area contributed by atoms with Crippen LogP contribution in [0, 0.1) is 5.41 Å². The van der Waals surface area contributed by atoms with Crippen LogP contribution in [0.15, 0.2) is 44.2 Å². The van der Waals surface area contributed by atoms with Crippen LogP contribution in [0.2, 0.25) is 0 Å². The van der Waals surface area contributed by atoms with Crippen molar-refractivity contribution < 1.29 is 9.53 Å². The van der Waals surface area contributed by atoms with Crippen molar-refractivity contribution in [2.24, 2.45) is 5.41 Å². The number of hydrogen-bond acceptors (Lipinski definition) is 3. The molecule has 0 aliphatic heterocycles. The molecule has 0 aromatic heterocycles. The fraction of sp³-hybridized carbons (Fsp3) is 0.400. The Kier molecular flexibility index (Phi) is 6.93. The summed E-state index contributed by atoms with van der Waals surface area (Å²) in [5.41, 5.74) is -0.531. The van der Waals surface area contributed by atoms with Gasteiger partial charge in [-0.2, -0.15) is 0 Å². The number of esters is 1. The fourth-order valence-electron chi connectivity index (χ4n) is 2.02. The van der Waals surface area contributed by atoms with E-state index in [1.54, 1.807) is 11.8 Å². The zero-order valence-electron chi connectivity index (χ0n) is 11.5. The third-order valence-electron chi connectivity index (χ3n) is 3.33. The molecule has 0 unspecified atom stereocenters. The number of hydrogen-bond donors (Lipinski definition) is 0. The third-order valence-corrected chi connectivity index (χ3v) is 5.61. The Balaban J connectivity index is 3.09. The minimum absolute atomic E-state index is 0.149. The normalized spacial score (nSPS) is 12.3. The van der Waals surface area contributed by atoms with Crippen molar-refractivity contribution in [3.05, 3.63) is 39.3 Å². The van der Waals surface area contributed by atoms with Crippen LogP contribution in [0.4, 0.5) is 0 Å². The van der Waals surface area contributed by atoms with Crippen molar-refractivity contribution in [2.75, 3.05) is 7.11 Å². The maximum Gasteiger partial charge on any atom is 0.316 e. The monoisotopic (exact) mass is 390 g/mol. The maximum absolute atomic E-state index is 12.2. The lowest BCUT2D eigenvalue weighted by Crippen LogP contribution is -2.32. The van der Waals surface area contributed by atoms with Gasteiger partial charge >= 0.3 is 5.97 Å². The highest BCUT2D eigenvalue weighted by atomic mass is 127. The summed E-state index contributed by atoms with van der Waals surface area (Å²) in [5.74, 6) is -0.149. The zero-order chi connectivity index (χ0) is 14.3. The van der Waals surface area contributed by atoms with Gasteiger partial charge in [0.25, 0.3) is 0 Å². The highest BCUT2D eigenvalue weighted by Crippen LogP contribution is 2.46. The smallest absolute Gasteiger partial charge is 0.316 e. The second-order valence-electron chi connectivity index (χ2n) is 4.17. The van der Waals surface area contributed by atoms with E-state index in [0.29, 0.717) is 0 Å². The van der Waals surface area contributed by atoms with Crippen LogP contribution in [-0.4, -0.2) is 13.1 Å². The van der Waals surface area contributed by atoms with Crippen molar-refractivity contribution in [1.29, 1.82) is 0 Å². The second-order valence-corrected chi connectivity index (χ2v) is 5.91. The van der Waals surface area contributed by atoms with Crippen molar-refractivity contribution in [2.45, 2.75) is 31.6 Å². The quantitative estimate of drug-likeness (QED) is 0.387. The molecule has 0 aliphatic rings. The summed E-state index contributed by atoms with van der Waals surface area (Å²) in [6.45, 7) is 4.07. The average molecular weight is 390 g/mol. The first-order valence-electron chi connectivity index (χ1n) is 6.26. The minimum Gasteiger partial charge on any atom is -0.468 e. The van der Waals surface area contributed by atoms with Crippen molar-refractivity contribution in [1.82, 2.24) is 0 Å². The maximum atomic E-state index is 12.2. The summed E-state index contributed by atoms with van der Waals surface area (Å²) in [7, 11) is 1.46. The van der Waals surface area contributed by atoms with Gasteiger partial charge in [-0.1, -0.05) is 66.4 Å². The van der Waals surface area contributed by atoms with Gasteiger partial charge in [-0.3, -0.25) is 4.79 Å². The molecule has 2 nitrogen and oxygen atoms in total. The molecule has 1 rings (SSSR count). The van der Waals surface area contributed by atoms with E-state index in [0.717, 1.165) is 22.6 Å².